The highest BCUT2D eigenvalue weighted by Gasteiger charge is 2.25. The Morgan fingerprint density at radius 2 is 1.95 bits per heavy atom. The van der Waals surface area contributed by atoms with E-state index in [2.05, 4.69) is 16.3 Å². The quantitative estimate of drug-likeness (QED) is 0.920. The molecule has 0 unspecified atom stereocenters. The number of rotatable bonds is 4. The number of amides is 1. The number of nitrogens with one attached hydrogen (secondary N) is 1. The van der Waals surface area contributed by atoms with E-state index in [0.29, 0.717) is 22.2 Å². The van der Waals surface area contributed by atoms with Gasteiger partial charge in [0.15, 0.2) is 0 Å². The van der Waals surface area contributed by atoms with Crippen molar-refractivity contribution in [1.29, 1.82) is 5.26 Å². The SMILES string of the molecule is N#CCCN1CCC(C(=O)Nc2c(Cl)cccc2Cl)CC1. The zero-order chi connectivity index (χ0) is 15.2. The topological polar surface area (TPSA) is 56.1 Å². The summed E-state index contributed by atoms with van der Waals surface area (Å²) in [4.78, 5) is 14.5. The maximum atomic E-state index is 12.3. The van der Waals surface area contributed by atoms with Gasteiger partial charge in [-0.2, -0.15) is 5.26 Å². The van der Waals surface area contributed by atoms with Crippen molar-refractivity contribution in [3.63, 3.8) is 0 Å². The van der Waals surface area contributed by atoms with Crippen LogP contribution in [0.5, 0.6) is 0 Å². The Morgan fingerprint density at radius 1 is 1.33 bits per heavy atom. The maximum Gasteiger partial charge on any atom is 0.227 e. The minimum absolute atomic E-state index is 0.0318. The Bertz CT molecular complexity index is 528. The van der Waals surface area contributed by atoms with E-state index in [1.165, 1.54) is 0 Å². The van der Waals surface area contributed by atoms with Crippen LogP contribution >= 0.6 is 23.2 Å². The van der Waals surface area contributed by atoms with Crippen LogP contribution in [0.3, 0.4) is 0 Å². The molecule has 0 bridgehead atoms. The molecule has 21 heavy (non-hydrogen) atoms. The molecule has 1 aromatic rings. The lowest BCUT2D eigenvalue weighted by molar-refractivity contribution is -0.121. The largest absolute Gasteiger partial charge is 0.323 e. The Balaban J connectivity index is 1.89. The molecule has 1 aromatic carbocycles. The number of hydrogen-bond donors (Lipinski definition) is 1. The molecule has 0 atom stereocenters. The van der Waals surface area contributed by atoms with Gasteiger partial charge in [-0.15, -0.1) is 0 Å². The van der Waals surface area contributed by atoms with Crippen LogP contribution < -0.4 is 5.32 Å². The molecule has 6 heteroatoms. The highest BCUT2D eigenvalue weighted by atomic mass is 35.5. The molecule has 1 amide bonds. The first-order valence-corrected chi connectivity index (χ1v) is 7.71. The van der Waals surface area contributed by atoms with Crippen LogP contribution in [0.4, 0.5) is 5.69 Å². The zero-order valence-electron chi connectivity index (χ0n) is 11.6. The zero-order valence-corrected chi connectivity index (χ0v) is 13.1. The summed E-state index contributed by atoms with van der Waals surface area (Å²) < 4.78 is 0. The summed E-state index contributed by atoms with van der Waals surface area (Å²) in [6, 6.07) is 7.29. The standard InChI is InChI=1S/C15H17Cl2N3O/c16-12-3-1-4-13(17)14(12)19-15(21)11-5-9-20(10-6-11)8-2-7-18/h1,3-4,11H,2,5-6,8-10H2,(H,19,21). The van der Waals surface area contributed by atoms with Crippen molar-refractivity contribution < 1.29 is 4.79 Å². The number of likely N-dealkylation sites (tertiary alicyclic amines) is 1. The molecule has 0 aromatic heterocycles. The smallest absolute Gasteiger partial charge is 0.227 e. The molecule has 0 spiro atoms. The van der Waals surface area contributed by atoms with Gasteiger partial charge in [-0.3, -0.25) is 4.79 Å². The van der Waals surface area contributed by atoms with Gasteiger partial charge in [0, 0.05) is 18.9 Å². The summed E-state index contributed by atoms with van der Waals surface area (Å²) in [6.45, 7) is 2.47. The molecular weight excluding hydrogens is 309 g/mol. The average Bonchev–Trinajstić information content (AvgIpc) is 2.49. The molecule has 4 nitrogen and oxygen atoms in total. The van der Waals surface area contributed by atoms with Gasteiger partial charge in [0.1, 0.15) is 0 Å². The Morgan fingerprint density at radius 3 is 2.52 bits per heavy atom. The first-order valence-electron chi connectivity index (χ1n) is 6.96. The monoisotopic (exact) mass is 325 g/mol. The summed E-state index contributed by atoms with van der Waals surface area (Å²) in [5.74, 6) is -0.0689. The van der Waals surface area contributed by atoms with E-state index in [9.17, 15) is 4.79 Å². The summed E-state index contributed by atoms with van der Waals surface area (Å²) in [6.07, 6.45) is 2.12. The Kier molecular flexibility index (Phi) is 5.86. The summed E-state index contributed by atoms with van der Waals surface area (Å²) in [7, 11) is 0. The van der Waals surface area contributed by atoms with E-state index in [-0.39, 0.29) is 11.8 Å². The van der Waals surface area contributed by atoms with Crippen LogP contribution in [0.1, 0.15) is 19.3 Å². The van der Waals surface area contributed by atoms with Gasteiger partial charge in [0.2, 0.25) is 5.91 Å². The van der Waals surface area contributed by atoms with Gasteiger partial charge < -0.3 is 10.2 Å². The van der Waals surface area contributed by atoms with E-state index in [0.717, 1.165) is 32.5 Å². The maximum absolute atomic E-state index is 12.3. The highest BCUT2D eigenvalue weighted by molar-refractivity contribution is 6.39. The number of carbonyl (C=O) groups is 1. The molecule has 0 saturated carbocycles. The Hall–Kier alpha value is -1.28. The first kappa shape index (κ1) is 16.1. The number of hydrogen-bond acceptors (Lipinski definition) is 3. The van der Waals surface area contributed by atoms with E-state index in [4.69, 9.17) is 28.5 Å². The third kappa shape index (κ3) is 4.34. The third-order valence-electron chi connectivity index (χ3n) is 3.71. The lowest BCUT2D eigenvalue weighted by Gasteiger charge is -2.30. The van der Waals surface area contributed by atoms with Crippen molar-refractivity contribution >= 4 is 34.8 Å². The first-order chi connectivity index (χ1) is 10.1. The predicted octanol–water partition coefficient (Wildman–Crippen LogP) is 3.56. The molecule has 1 aliphatic heterocycles. The van der Waals surface area contributed by atoms with Gasteiger partial charge in [-0.1, -0.05) is 29.3 Å². The number of para-hydroxylation sites is 1. The van der Waals surface area contributed by atoms with Crippen LogP contribution in [0.25, 0.3) is 0 Å². The average molecular weight is 326 g/mol. The van der Waals surface area contributed by atoms with Crippen molar-refractivity contribution in [3.8, 4) is 6.07 Å². The van der Waals surface area contributed by atoms with Gasteiger partial charge in [-0.05, 0) is 38.1 Å². The van der Waals surface area contributed by atoms with E-state index < -0.39 is 0 Å². The van der Waals surface area contributed by atoms with Crippen molar-refractivity contribution in [2.24, 2.45) is 5.92 Å². The molecule has 1 saturated heterocycles. The van der Waals surface area contributed by atoms with Gasteiger partial charge in [0.05, 0.1) is 21.8 Å². The normalized spacial score (nSPS) is 16.4. The van der Waals surface area contributed by atoms with E-state index in [1.54, 1.807) is 18.2 Å². The van der Waals surface area contributed by atoms with E-state index in [1.807, 2.05) is 0 Å². The number of nitrogens with zero attached hydrogens (tertiary/aromatic N) is 2. The van der Waals surface area contributed by atoms with Gasteiger partial charge in [0.25, 0.3) is 0 Å². The highest BCUT2D eigenvalue weighted by Crippen LogP contribution is 2.31. The minimum Gasteiger partial charge on any atom is -0.323 e. The van der Waals surface area contributed by atoms with Crippen molar-refractivity contribution in [2.45, 2.75) is 19.3 Å². The summed E-state index contributed by atoms with van der Waals surface area (Å²) in [5, 5.41) is 12.3. The predicted molar refractivity (Wildman–Crippen MR) is 84.5 cm³/mol. The molecule has 0 aliphatic carbocycles. The van der Waals surface area contributed by atoms with Crippen LogP contribution in [0, 0.1) is 17.2 Å². The Labute approximate surface area is 134 Å². The van der Waals surface area contributed by atoms with Crippen LogP contribution in [-0.4, -0.2) is 30.4 Å². The fourth-order valence-corrected chi connectivity index (χ4v) is 2.96. The number of benzene rings is 1. The lowest BCUT2D eigenvalue weighted by atomic mass is 9.95. The van der Waals surface area contributed by atoms with Gasteiger partial charge in [-0.25, -0.2) is 0 Å². The number of anilines is 1. The number of nitriles is 1. The van der Waals surface area contributed by atoms with Crippen molar-refractivity contribution in [1.82, 2.24) is 4.90 Å². The molecule has 112 valence electrons. The molecule has 0 radical (unpaired) electrons. The minimum atomic E-state index is -0.0371. The lowest BCUT2D eigenvalue weighted by Crippen LogP contribution is -2.38. The molecule has 1 fully saturated rings. The molecular formula is C15H17Cl2N3O. The number of halogens is 2. The third-order valence-corrected chi connectivity index (χ3v) is 4.34. The second-order valence-corrected chi connectivity index (χ2v) is 5.92. The molecule has 1 heterocycles. The van der Waals surface area contributed by atoms with Gasteiger partial charge >= 0.3 is 0 Å². The van der Waals surface area contributed by atoms with Crippen LogP contribution in [0.15, 0.2) is 18.2 Å². The number of carbonyl (C=O) groups excluding carboxylic acids is 1. The number of piperidine rings is 1. The van der Waals surface area contributed by atoms with E-state index >= 15 is 0 Å². The fraction of sp³-hybridized carbons (Fsp3) is 0.467. The van der Waals surface area contributed by atoms with Crippen molar-refractivity contribution in [2.75, 3.05) is 25.0 Å². The molecule has 1 aliphatic rings. The summed E-state index contributed by atoms with van der Waals surface area (Å²) in [5.41, 5.74) is 0.484. The van der Waals surface area contributed by atoms with Crippen LogP contribution in [-0.2, 0) is 4.79 Å². The molecule has 2 rings (SSSR count). The van der Waals surface area contributed by atoms with Crippen molar-refractivity contribution in [3.05, 3.63) is 28.2 Å². The molecule has 1 N–H and O–H groups in total. The van der Waals surface area contributed by atoms with Crippen LogP contribution in [0.2, 0.25) is 10.0 Å². The fourth-order valence-electron chi connectivity index (χ4n) is 2.47. The summed E-state index contributed by atoms with van der Waals surface area (Å²) >= 11 is 12.1. The second-order valence-electron chi connectivity index (χ2n) is 5.11. The second kappa shape index (κ2) is 7.65.